The van der Waals surface area contributed by atoms with E-state index in [9.17, 15) is 26.4 Å². The van der Waals surface area contributed by atoms with Gasteiger partial charge in [0.1, 0.15) is 5.70 Å². The number of methoxy groups -OCH3 is 1. The Balaban J connectivity index is 2.61. The van der Waals surface area contributed by atoms with Crippen molar-refractivity contribution < 1.29 is 36.0 Å². The van der Waals surface area contributed by atoms with Crippen LogP contribution < -0.4 is 5.73 Å². The Labute approximate surface area is 199 Å². The number of oxime groups is 1. The number of carbonyl (C=O) groups is 1. The Bertz CT molecular complexity index is 1300. The zero-order valence-corrected chi connectivity index (χ0v) is 19.4. The molecule has 0 atom stereocenters. The van der Waals surface area contributed by atoms with Crippen LogP contribution in [0, 0.1) is 0 Å². The van der Waals surface area contributed by atoms with Crippen molar-refractivity contribution in [2.24, 2.45) is 20.9 Å². The van der Waals surface area contributed by atoms with E-state index < -0.39 is 45.5 Å². The van der Waals surface area contributed by atoms with Gasteiger partial charge in [0.2, 0.25) is 0 Å². The second kappa shape index (κ2) is 11.4. The molecule has 0 aromatic heterocycles. The molecule has 0 radical (unpaired) electrons. The maximum Gasteiger partial charge on any atom is 0.418 e. The van der Waals surface area contributed by atoms with Crippen molar-refractivity contribution >= 4 is 39.8 Å². The van der Waals surface area contributed by atoms with Gasteiger partial charge < -0.3 is 15.3 Å². The van der Waals surface area contributed by atoms with Crippen LogP contribution in [0.15, 0.2) is 80.3 Å². The quantitative estimate of drug-likeness (QED) is 0.191. The zero-order valence-electron chi connectivity index (χ0n) is 18.6. The lowest BCUT2D eigenvalue weighted by Crippen LogP contribution is -2.16. The molecule has 13 heteroatoms. The van der Waals surface area contributed by atoms with Gasteiger partial charge >= 0.3 is 12.1 Å². The Hall–Kier alpha value is -4.00. The average Bonchev–Trinajstić information content (AvgIpc) is 2.80. The first-order valence-electron chi connectivity index (χ1n) is 9.64. The normalized spacial score (nSPS) is 13.3. The molecular formula is C22H21F3N4O5S. The van der Waals surface area contributed by atoms with Gasteiger partial charge in [-0.1, -0.05) is 23.4 Å². The van der Waals surface area contributed by atoms with E-state index in [-0.39, 0.29) is 22.1 Å². The number of halogens is 3. The van der Waals surface area contributed by atoms with E-state index in [0.717, 1.165) is 31.6 Å². The van der Waals surface area contributed by atoms with Gasteiger partial charge in [-0.15, -0.1) is 0 Å². The van der Waals surface area contributed by atoms with Crippen LogP contribution in [0.4, 0.5) is 18.9 Å². The molecule has 0 unspecified atom stereocenters. The van der Waals surface area contributed by atoms with E-state index in [1.54, 1.807) is 0 Å². The molecule has 0 bridgehead atoms. The Morgan fingerprint density at radius 3 is 2.46 bits per heavy atom. The number of hydrogen-bond donors (Lipinski definition) is 1. The summed E-state index contributed by atoms with van der Waals surface area (Å²) in [4.78, 5) is 24.9. The Kier molecular flexibility index (Phi) is 8.89. The van der Waals surface area contributed by atoms with Crippen molar-refractivity contribution in [3.05, 3.63) is 71.4 Å². The van der Waals surface area contributed by atoms with Crippen LogP contribution in [0.3, 0.4) is 0 Å². The molecule has 9 nitrogen and oxygen atoms in total. The number of alkyl halides is 3. The number of nitrogens with two attached hydrogens (primary N) is 1. The minimum absolute atomic E-state index is 0.0295. The van der Waals surface area contributed by atoms with Gasteiger partial charge in [0, 0.05) is 18.5 Å². The van der Waals surface area contributed by atoms with Gasteiger partial charge in [-0.05, 0) is 36.4 Å². The van der Waals surface area contributed by atoms with Gasteiger partial charge in [-0.25, -0.2) is 18.2 Å². The number of aliphatic imine (C=N–C) groups is 2. The van der Waals surface area contributed by atoms with Crippen LogP contribution in [0.1, 0.15) is 11.1 Å². The summed E-state index contributed by atoms with van der Waals surface area (Å²) >= 11 is 0. The maximum atomic E-state index is 13.4. The topological polar surface area (TPSA) is 133 Å². The van der Waals surface area contributed by atoms with Gasteiger partial charge in [-0.2, -0.15) is 13.2 Å². The first-order chi connectivity index (χ1) is 16.4. The van der Waals surface area contributed by atoms with Gasteiger partial charge in [0.25, 0.3) is 5.90 Å². The molecule has 0 spiro atoms. The van der Waals surface area contributed by atoms with Crippen molar-refractivity contribution in [2.45, 2.75) is 11.1 Å². The second-order valence-corrected chi connectivity index (χ2v) is 8.87. The number of carbonyl (C=O) groups excluding carboxylic acids is 1. The molecule has 186 valence electrons. The van der Waals surface area contributed by atoms with Crippen LogP contribution in [-0.2, 0) is 30.4 Å². The molecule has 0 amide bonds. The van der Waals surface area contributed by atoms with Crippen molar-refractivity contribution in [1.29, 1.82) is 0 Å². The van der Waals surface area contributed by atoms with Crippen LogP contribution in [0.5, 0.6) is 0 Å². The molecule has 2 N–H and O–H groups in total. The third kappa shape index (κ3) is 7.78. The molecule has 0 heterocycles. The summed E-state index contributed by atoms with van der Waals surface area (Å²) in [5.74, 6) is -1.14. The maximum absolute atomic E-state index is 13.4. The van der Waals surface area contributed by atoms with Crippen LogP contribution >= 0.6 is 0 Å². The summed E-state index contributed by atoms with van der Waals surface area (Å²) in [6.07, 6.45) is -2.67. The number of sulfone groups is 1. The summed E-state index contributed by atoms with van der Waals surface area (Å²) in [5.41, 5.74) is 3.80. The molecule has 35 heavy (non-hydrogen) atoms. The van der Waals surface area contributed by atoms with E-state index in [1.807, 2.05) is 0 Å². The number of para-hydroxylation sites is 1. The van der Waals surface area contributed by atoms with Gasteiger partial charge in [0.15, 0.2) is 9.84 Å². The van der Waals surface area contributed by atoms with Gasteiger partial charge in [-0.3, -0.25) is 4.99 Å². The summed E-state index contributed by atoms with van der Waals surface area (Å²) in [7, 11) is -2.48. The molecule has 0 aliphatic rings. The summed E-state index contributed by atoms with van der Waals surface area (Å²) in [6.45, 7) is 2.76. The number of nitrogens with zero attached hydrogens (tertiary/aromatic N) is 3. The fourth-order valence-electron chi connectivity index (χ4n) is 2.68. The zero-order chi connectivity index (χ0) is 26.2. The average molecular weight is 510 g/mol. The van der Waals surface area contributed by atoms with Crippen LogP contribution in [0.25, 0.3) is 0 Å². The molecule has 2 aromatic rings. The summed E-state index contributed by atoms with van der Waals surface area (Å²) < 4.78 is 68.5. The molecule has 0 aliphatic carbocycles. The second-order valence-electron chi connectivity index (χ2n) is 6.85. The highest BCUT2D eigenvalue weighted by atomic mass is 32.2. The third-order valence-corrected chi connectivity index (χ3v) is 5.37. The first-order valence-corrected chi connectivity index (χ1v) is 11.5. The predicted molar refractivity (Wildman–Crippen MR) is 124 cm³/mol. The minimum atomic E-state index is -4.70. The van der Waals surface area contributed by atoms with E-state index in [4.69, 9.17) is 10.6 Å². The number of hydrogen-bond acceptors (Lipinski definition) is 9. The summed E-state index contributed by atoms with van der Waals surface area (Å²) in [6, 6.07) is 10.1. The molecular weight excluding hydrogens is 489 g/mol. The van der Waals surface area contributed by atoms with Crippen LogP contribution in [0.2, 0.25) is 0 Å². The fraction of sp³-hybridized carbons (Fsp3) is 0.182. The largest absolute Gasteiger partial charge is 0.464 e. The van der Waals surface area contributed by atoms with Crippen molar-refractivity contribution in [3.63, 3.8) is 0 Å². The highest BCUT2D eigenvalue weighted by Gasteiger charge is 2.33. The molecule has 0 saturated heterocycles. The van der Waals surface area contributed by atoms with E-state index in [1.165, 1.54) is 36.4 Å². The third-order valence-electron chi connectivity index (χ3n) is 4.26. The molecule has 2 aromatic carbocycles. The molecule has 0 aliphatic heterocycles. The monoisotopic (exact) mass is 510 g/mol. The van der Waals surface area contributed by atoms with Crippen molar-refractivity contribution in [2.75, 3.05) is 19.9 Å². The van der Waals surface area contributed by atoms with Crippen LogP contribution in [-0.4, -0.2) is 52.6 Å². The molecule has 0 saturated carbocycles. The van der Waals surface area contributed by atoms with E-state index >= 15 is 0 Å². The molecule has 0 fully saturated rings. The van der Waals surface area contributed by atoms with Crippen molar-refractivity contribution in [1.82, 2.24) is 0 Å². The highest BCUT2D eigenvalue weighted by Crippen LogP contribution is 2.36. The lowest BCUT2D eigenvalue weighted by Gasteiger charge is -2.11. The number of ether oxygens (including phenoxy) is 1. The van der Waals surface area contributed by atoms with E-state index in [2.05, 4.69) is 26.6 Å². The van der Waals surface area contributed by atoms with Crippen molar-refractivity contribution in [3.8, 4) is 0 Å². The lowest BCUT2D eigenvalue weighted by molar-refractivity contribution is -0.137. The fourth-order valence-corrected chi connectivity index (χ4v) is 3.35. The standard InChI is InChI=1S/C22H21F3N4O5S/c1-27-34-20(14-7-6-8-16(11-14)35(3,31)32)28-13-15(12-18(26)21(30)33-2)29-19-10-5-4-9-17(19)22(23,24)25/h4-12H,1,13,26H2,2-3H3/b18-12-,28-20?,29-15?. The molecule has 2 rings (SSSR count). The van der Waals surface area contributed by atoms with Gasteiger partial charge in [0.05, 0.1) is 35.5 Å². The van der Waals surface area contributed by atoms with E-state index in [0.29, 0.717) is 0 Å². The summed E-state index contributed by atoms with van der Waals surface area (Å²) in [5, 5.41) is 3.28. The predicted octanol–water partition coefficient (Wildman–Crippen LogP) is 3.28. The smallest absolute Gasteiger partial charge is 0.418 e. The SMILES string of the molecule is C=NOC(=NCC(/C=C(\N)C(=O)OC)=Nc1ccccc1C(F)(F)F)c1cccc(S(C)(=O)=O)c1. The number of rotatable bonds is 8. The first kappa shape index (κ1) is 27.2. The minimum Gasteiger partial charge on any atom is -0.464 e. The lowest BCUT2D eigenvalue weighted by atomic mass is 10.1. The highest BCUT2D eigenvalue weighted by molar-refractivity contribution is 7.90. The number of benzene rings is 2. The number of esters is 1. The Morgan fingerprint density at radius 1 is 1.17 bits per heavy atom. The Morgan fingerprint density at radius 2 is 1.86 bits per heavy atom.